The van der Waals surface area contributed by atoms with Crippen LogP contribution in [0.5, 0.6) is 5.88 Å². The largest absolute Gasteiger partial charge is 0.477 e. The van der Waals surface area contributed by atoms with Gasteiger partial charge in [-0.15, -0.1) is 0 Å². The molecular weight excluding hydrogens is 244 g/mol. The van der Waals surface area contributed by atoms with Gasteiger partial charge < -0.3 is 4.74 Å². The molecule has 14 heavy (non-hydrogen) atoms. The van der Waals surface area contributed by atoms with E-state index >= 15 is 0 Å². The number of nitrogens with zero attached hydrogens (tertiary/aromatic N) is 2. The van der Waals surface area contributed by atoms with Crippen molar-refractivity contribution in [3.05, 3.63) is 28.9 Å². The maximum atomic E-state index is 5.35. The van der Waals surface area contributed by atoms with E-state index in [-0.39, 0.29) is 0 Å². The molecule has 0 saturated heterocycles. The molecule has 2 heterocycles. The van der Waals surface area contributed by atoms with Crippen LogP contribution >= 0.6 is 15.9 Å². The molecule has 0 bridgehead atoms. The molecule has 0 atom stereocenters. The van der Waals surface area contributed by atoms with Crippen molar-refractivity contribution in [2.24, 2.45) is 0 Å². The Morgan fingerprint density at radius 1 is 1.50 bits per heavy atom. The van der Waals surface area contributed by atoms with Crippen molar-refractivity contribution < 1.29 is 4.74 Å². The predicted octanol–water partition coefficient (Wildman–Crippen LogP) is 2.79. The second kappa shape index (κ2) is 3.92. The fraction of sp³-hybridized carbons (Fsp3) is 0.200. The fourth-order valence-electron chi connectivity index (χ4n) is 1.20. The summed E-state index contributed by atoms with van der Waals surface area (Å²) in [6.45, 7) is 2.53. The SMILES string of the molecule is CCOc1nc2ncccc2cc1Br. The van der Waals surface area contributed by atoms with Crippen molar-refractivity contribution in [2.45, 2.75) is 6.92 Å². The maximum absolute atomic E-state index is 5.35. The topological polar surface area (TPSA) is 35.0 Å². The van der Waals surface area contributed by atoms with E-state index in [1.54, 1.807) is 6.20 Å². The quantitative estimate of drug-likeness (QED) is 0.825. The van der Waals surface area contributed by atoms with Crippen LogP contribution in [0, 0.1) is 0 Å². The lowest BCUT2D eigenvalue weighted by Gasteiger charge is -2.05. The number of hydrogen-bond donors (Lipinski definition) is 0. The van der Waals surface area contributed by atoms with Gasteiger partial charge in [0.1, 0.15) is 0 Å². The molecule has 2 aromatic rings. The highest BCUT2D eigenvalue weighted by molar-refractivity contribution is 9.10. The third-order valence-corrected chi connectivity index (χ3v) is 2.36. The Morgan fingerprint density at radius 2 is 2.36 bits per heavy atom. The van der Waals surface area contributed by atoms with Gasteiger partial charge in [-0.1, -0.05) is 0 Å². The van der Waals surface area contributed by atoms with Crippen LogP contribution in [0.15, 0.2) is 28.9 Å². The van der Waals surface area contributed by atoms with Crippen molar-refractivity contribution in [1.82, 2.24) is 9.97 Å². The summed E-state index contributed by atoms with van der Waals surface area (Å²) >= 11 is 3.40. The third kappa shape index (κ3) is 1.70. The van der Waals surface area contributed by atoms with Gasteiger partial charge in [-0.2, -0.15) is 4.98 Å². The molecular formula is C10H9BrN2O. The van der Waals surface area contributed by atoms with Gasteiger partial charge in [0.15, 0.2) is 5.65 Å². The Bertz CT molecular complexity index is 459. The highest BCUT2D eigenvalue weighted by Crippen LogP contribution is 2.25. The lowest BCUT2D eigenvalue weighted by atomic mass is 10.3. The molecule has 2 aromatic heterocycles. The molecule has 4 heteroatoms. The van der Waals surface area contributed by atoms with Gasteiger partial charge in [-0.3, -0.25) is 0 Å². The smallest absolute Gasteiger partial charge is 0.230 e. The number of ether oxygens (including phenoxy) is 1. The molecule has 0 amide bonds. The molecule has 0 radical (unpaired) electrons. The lowest BCUT2D eigenvalue weighted by Crippen LogP contribution is -1.96. The second-order valence-corrected chi connectivity index (χ2v) is 3.61. The standard InChI is InChI=1S/C10H9BrN2O/c1-2-14-10-8(11)6-7-4-3-5-12-9(7)13-10/h3-6H,2H2,1H3. The molecule has 3 nitrogen and oxygen atoms in total. The summed E-state index contributed by atoms with van der Waals surface area (Å²) in [6.07, 6.45) is 1.72. The van der Waals surface area contributed by atoms with Crippen molar-refractivity contribution in [3.8, 4) is 5.88 Å². The van der Waals surface area contributed by atoms with Crippen LogP contribution in [-0.4, -0.2) is 16.6 Å². The van der Waals surface area contributed by atoms with Crippen LogP contribution in [0.4, 0.5) is 0 Å². The van der Waals surface area contributed by atoms with Gasteiger partial charge in [-0.05, 0) is 41.1 Å². The number of hydrogen-bond acceptors (Lipinski definition) is 3. The molecule has 0 saturated carbocycles. The lowest BCUT2D eigenvalue weighted by molar-refractivity contribution is 0.325. The van der Waals surface area contributed by atoms with Crippen LogP contribution in [0.25, 0.3) is 11.0 Å². The van der Waals surface area contributed by atoms with Crippen LogP contribution in [0.1, 0.15) is 6.92 Å². The average Bonchev–Trinajstić information content (AvgIpc) is 2.19. The first-order valence-corrected chi connectivity index (χ1v) is 5.14. The fourth-order valence-corrected chi connectivity index (χ4v) is 1.65. The molecule has 0 aliphatic heterocycles. The molecule has 0 spiro atoms. The number of halogens is 1. The van der Waals surface area contributed by atoms with Crippen molar-refractivity contribution >= 4 is 27.0 Å². The summed E-state index contributed by atoms with van der Waals surface area (Å²) < 4.78 is 6.21. The zero-order valence-corrected chi connectivity index (χ0v) is 9.28. The first-order chi connectivity index (χ1) is 6.81. The molecule has 0 fully saturated rings. The molecule has 2 rings (SSSR count). The Morgan fingerprint density at radius 3 is 3.14 bits per heavy atom. The molecule has 72 valence electrons. The summed E-state index contributed by atoms with van der Waals surface area (Å²) in [5, 5.41) is 1.00. The number of aromatic nitrogens is 2. The van der Waals surface area contributed by atoms with Gasteiger partial charge in [-0.25, -0.2) is 4.98 Å². The summed E-state index contributed by atoms with van der Waals surface area (Å²) in [6, 6.07) is 5.81. The first kappa shape index (κ1) is 9.40. The highest BCUT2D eigenvalue weighted by atomic mass is 79.9. The van der Waals surface area contributed by atoms with Gasteiger partial charge in [0, 0.05) is 11.6 Å². The summed E-state index contributed by atoms with van der Waals surface area (Å²) in [5.74, 6) is 0.596. The summed E-state index contributed by atoms with van der Waals surface area (Å²) in [5.41, 5.74) is 0.708. The van der Waals surface area contributed by atoms with Crippen LogP contribution in [-0.2, 0) is 0 Å². The van der Waals surface area contributed by atoms with Gasteiger partial charge in [0.25, 0.3) is 0 Å². The van der Waals surface area contributed by atoms with Gasteiger partial charge in [0.05, 0.1) is 11.1 Å². The molecule has 0 aliphatic rings. The van der Waals surface area contributed by atoms with Crippen LogP contribution in [0.2, 0.25) is 0 Å². The zero-order chi connectivity index (χ0) is 9.97. The number of pyridine rings is 2. The van der Waals surface area contributed by atoms with Crippen molar-refractivity contribution in [1.29, 1.82) is 0 Å². The molecule has 0 aliphatic carbocycles. The maximum Gasteiger partial charge on any atom is 0.230 e. The molecule has 0 unspecified atom stereocenters. The minimum absolute atomic E-state index is 0.596. The van der Waals surface area contributed by atoms with Crippen LogP contribution in [0.3, 0.4) is 0 Å². The van der Waals surface area contributed by atoms with Gasteiger partial charge in [0.2, 0.25) is 5.88 Å². The zero-order valence-electron chi connectivity index (χ0n) is 7.70. The molecule has 0 N–H and O–H groups in total. The van der Waals surface area contributed by atoms with Gasteiger partial charge >= 0.3 is 0 Å². The van der Waals surface area contributed by atoms with Crippen molar-refractivity contribution in [3.63, 3.8) is 0 Å². The summed E-state index contributed by atoms with van der Waals surface area (Å²) in [4.78, 5) is 8.44. The van der Waals surface area contributed by atoms with Crippen molar-refractivity contribution in [2.75, 3.05) is 6.61 Å². The second-order valence-electron chi connectivity index (χ2n) is 2.76. The van der Waals surface area contributed by atoms with E-state index in [4.69, 9.17) is 4.74 Å². The van der Waals surface area contributed by atoms with Crippen LogP contribution < -0.4 is 4.74 Å². The number of rotatable bonds is 2. The summed E-state index contributed by atoms with van der Waals surface area (Å²) in [7, 11) is 0. The highest BCUT2D eigenvalue weighted by Gasteiger charge is 2.04. The Hall–Kier alpha value is -1.16. The van der Waals surface area contributed by atoms with E-state index in [1.165, 1.54) is 0 Å². The Labute approximate surface area is 90.3 Å². The van der Waals surface area contributed by atoms with E-state index in [0.29, 0.717) is 18.1 Å². The van der Waals surface area contributed by atoms with E-state index in [9.17, 15) is 0 Å². The monoisotopic (exact) mass is 252 g/mol. The third-order valence-electron chi connectivity index (χ3n) is 1.79. The number of fused-ring (bicyclic) bond motifs is 1. The first-order valence-electron chi connectivity index (χ1n) is 4.35. The van der Waals surface area contributed by atoms with E-state index in [1.807, 2.05) is 25.1 Å². The Kier molecular flexibility index (Phi) is 2.63. The Balaban J connectivity index is 2.59. The predicted molar refractivity (Wildman–Crippen MR) is 58.4 cm³/mol. The average molecular weight is 253 g/mol. The van der Waals surface area contributed by atoms with E-state index < -0.39 is 0 Å². The normalized spacial score (nSPS) is 10.4. The molecule has 0 aromatic carbocycles. The van der Waals surface area contributed by atoms with E-state index in [0.717, 1.165) is 9.86 Å². The minimum atomic E-state index is 0.596. The minimum Gasteiger partial charge on any atom is -0.477 e. The van der Waals surface area contributed by atoms with E-state index in [2.05, 4.69) is 25.9 Å².